The number of hydrogen-bond donors (Lipinski definition) is 2. The van der Waals surface area contributed by atoms with Crippen LogP contribution < -0.4 is 0 Å². The van der Waals surface area contributed by atoms with Crippen LogP contribution in [-0.2, 0) is 106 Å². The average molecular weight is 802 g/mol. The van der Waals surface area contributed by atoms with E-state index < -0.39 is 11.9 Å². The number of ketones is 2. The second-order valence-electron chi connectivity index (χ2n) is 9.58. The Morgan fingerprint density at radius 2 is 0.521 bits per heavy atom. The fourth-order valence-corrected chi connectivity index (χ4v) is 3.24. The van der Waals surface area contributed by atoms with Gasteiger partial charge in [0.2, 0.25) is 0 Å². The minimum atomic E-state index is -0.894. The van der Waals surface area contributed by atoms with E-state index in [0.29, 0.717) is 131 Å². The van der Waals surface area contributed by atoms with Crippen molar-refractivity contribution in [2.75, 3.05) is 132 Å². The van der Waals surface area contributed by atoms with Crippen molar-refractivity contribution >= 4 is 23.5 Å². The summed E-state index contributed by atoms with van der Waals surface area (Å²) in [4.78, 5) is 44.5. The monoisotopic (exact) mass is 798 g/mol. The molecule has 0 amide bonds. The minimum absolute atomic E-state index is 0. The first-order valence-electron chi connectivity index (χ1n) is 15.7. The van der Waals surface area contributed by atoms with Gasteiger partial charge in [-0.25, -0.2) is 0 Å². The SMILES string of the molecule is O=C(O)CCOCCOCCOCCOCCOCC(=O)CCCCC(=O)COCCOCCOCCOCCOCCC(=O)O.[Zn].[Zn]. The molecule has 0 aliphatic rings. The number of carboxylic acid groups (broad SMARTS) is 2. The zero-order chi connectivity index (χ0) is 33.8. The number of carbonyl (C=O) groups excluding carboxylic acids is 2. The summed E-state index contributed by atoms with van der Waals surface area (Å²) in [5, 5.41) is 17.0. The molecule has 0 bridgehead atoms. The van der Waals surface area contributed by atoms with Crippen molar-refractivity contribution in [3.05, 3.63) is 0 Å². The van der Waals surface area contributed by atoms with Gasteiger partial charge in [-0.1, -0.05) is 0 Å². The first-order valence-corrected chi connectivity index (χ1v) is 15.7. The van der Waals surface area contributed by atoms with Gasteiger partial charge < -0.3 is 57.6 Å². The van der Waals surface area contributed by atoms with Crippen LogP contribution in [0.4, 0.5) is 0 Å². The van der Waals surface area contributed by atoms with E-state index in [1.54, 1.807) is 0 Å². The van der Waals surface area contributed by atoms with E-state index in [4.69, 9.17) is 57.6 Å². The summed E-state index contributed by atoms with van der Waals surface area (Å²) in [6, 6.07) is 0. The molecular formula is C30H54O16Zn2. The fourth-order valence-electron chi connectivity index (χ4n) is 3.24. The Labute approximate surface area is 308 Å². The van der Waals surface area contributed by atoms with Crippen LogP contribution in [0.15, 0.2) is 0 Å². The molecule has 0 rings (SSSR count). The zero-order valence-corrected chi connectivity index (χ0v) is 34.3. The van der Waals surface area contributed by atoms with E-state index in [1.165, 1.54) is 0 Å². The summed E-state index contributed by atoms with van der Waals surface area (Å²) in [6.07, 6.45) is 1.87. The third-order valence-corrected chi connectivity index (χ3v) is 5.58. The normalized spacial score (nSPS) is 10.8. The van der Waals surface area contributed by atoms with Gasteiger partial charge in [0.25, 0.3) is 0 Å². The molecule has 274 valence electrons. The molecule has 0 aromatic heterocycles. The van der Waals surface area contributed by atoms with E-state index >= 15 is 0 Å². The molecule has 0 heterocycles. The van der Waals surface area contributed by atoms with Crippen molar-refractivity contribution in [1.82, 2.24) is 0 Å². The molecule has 0 saturated heterocycles. The number of Topliss-reactive ketones (excluding diaryl/α,β-unsaturated/α-hetero) is 2. The zero-order valence-electron chi connectivity index (χ0n) is 28.4. The van der Waals surface area contributed by atoms with E-state index in [2.05, 4.69) is 0 Å². The van der Waals surface area contributed by atoms with Gasteiger partial charge in [-0.15, -0.1) is 0 Å². The van der Waals surface area contributed by atoms with Gasteiger partial charge in [0.05, 0.1) is 132 Å². The first-order chi connectivity index (χ1) is 22.4. The van der Waals surface area contributed by atoms with Gasteiger partial charge in [0.15, 0.2) is 11.6 Å². The molecule has 0 atom stereocenters. The summed E-state index contributed by atoms with van der Waals surface area (Å²) >= 11 is 0. The summed E-state index contributed by atoms with van der Waals surface area (Å²) < 4.78 is 52.9. The van der Waals surface area contributed by atoms with Crippen LogP contribution >= 0.6 is 0 Å². The summed E-state index contributed by atoms with van der Waals surface area (Å²) in [5.41, 5.74) is 0. The molecule has 0 saturated carbocycles. The van der Waals surface area contributed by atoms with Crippen LogP contribution in [0.5, 0.6) is 0 Å². The maximum Gasteiger partial charge on any atom is 0.305 e. The van der Waals surface area contributed by atoms with Crippen LogP contribution in [-0.4, -0.2) is 166 Å². The Kier molecular flexibility index (Phi) is 45.4. The van der Waals surface area contributed by atoms with Gasteiger partial charge in [0, 0.05) is 51.8 Å². The number of rotatable bonds is 39. The van der Waals surface area contributed by atoms with E-state index in [9.17, 15) is 19.2 Å². The van der Waals surface area contributed by atoms with Crippen LogP contribution in [0.1, 0.15) is 38.5 Å². The Hall–Kier alpha value is -0.873. The van der Waals surface area contributed by atoms with Crippen LogP contribution in [0.3, 0.4) is 0 Å². The van der Waals surface area contributed by atoms with Crippen molar-refractivity contribution in [3.63, 3.8) is 0 Å². The topological polar surface area (TPSA) is 201 Å². The molecule has 0 aromatic rings. The maximum absolute atomic E-state index is 11.9. The average Bonchev–Trinajstić information content (AvgIpc) is 3.02. The molecule has 0 aromatic carbocycles. The molecule has 0 aliphatic heterocycles. The number of carbonyl (C=O) groups is 4. The smallest absolute Gasteiger partial charge is 0.305 e. The maximum atomic E-state index is 11.9. The standard InChI is InChI=1S/C30H54O16.2Zn/c31-27(25-45-23-21-43-19-17-41-15-13-39-11-9-37-7-5-29(33)34)3-1-2-4-28(32)26-46-24-22-44-20-18-42-16-14-40-12-10-38-8-6-30(35)36;;/h1-26H2,(H,33,34)(H,35,36);;. The molecule has 16 nitrogen and oxygen atoms in total. The summed E-state index contributed by atoms with van der Waals surface area (Å²) in [6.45, 7) is 6.30. The van der Waals surface area contributed by atoms with Crippen molar-refractivity contribution in [1.29, 1.82) is 0 Å². The number of carboxylic acids is 2. The van der Waals surface area contributed by atoms with Crippen LogP contribution in [0.2, 0.25) is 0 Å². The van der Waals surface area contributed by atoms with E-state index in [0.717, 1.165) is 0 Å². The predicted octanol–water partition coefficient (Wildman–Crippen LogP) is 0.795. The number of unbranched alkanes of at least 4 members (excludes halogenated alkanes) is 1. The molecule has 0 fully saturated rings. The molecule has 0 radical (unpaired) electrons. The predicted molar refractivity (Wildman–Crippen MR) is 161 cm³/mol. The summed E-state index contributed by atoms with van der Waals surface area (Å²) in [5.74, 6) is -1.83. The van der Waals surface area contributed by atoms with Gasteiger partial charge in [0.1, 0.15) is 13.2 Å². The molecule has 0 unspecified atom stereocenters. The quantitative estimate of drug-likeness (QED) is 0.0653. The largest absolute Gasteiger partial charge is 0.481 e. The van der Waals surface area contributed by atoms with Crippen LogP contribution in [0, 0.1) is 0 Å². The number of aliphatic carboxylic acids is 2. The molecule has 0 aliphatic carbocycles. The van der Waals surface area contributed by atoms with Crippen LogP contribution in [0.25, 0.3) is 0 Å². The van der Waals surface area contributed by atoms with E-state index in [-0.39, 0.29) is 89.8 Å². The second-order valence-corrected chi connectivity index (χ2v) is 9.58. The third-order valence-electron chi connectivity index (χ3n) is 5.58. The van der Waals surface area contributed by atoms with Crippen molar-refractivity contribution < 1.29 is 116 Å². The molecular weight excluding hydrogens is 747 g/mol. The van der Waals surface area contributed by atoms with Gasteiger partial charge in [-0.3, -0.25) is 19.2 Å². The Morgan fingerprint density at radius 3 is 0.750 bits per heavy atom. The van der Waals surface area contributed by atoms with Crippen molar-refractivity contribution in [3.8, 4) is 0 Å². The molecule has 18 heteroatoms. The minimum Gasteiger partial charge on any atom is -0.481 e. The first kappa shape index (κ1) is 51.5. The second kappa shape index (κ2) is 42.3. The van der Waals surface area contributed by atoms with Crippen molar-refractivity contribution in [2.45, 2.75) is 38.5 Å². The number of ether oxygens (including phenoxy) is 10. The van der Waals surface area contributed by atoms with Crippen molar-refractivity contribution in [2.24, 2.45) is 0 Å². The van der Waals surface area contributed by atoms with Gasteiger partial charge in [-0.05, 0) is 12.8 Å². The third kappa shape index (κ3) is 45.1. The molecule has 0 spiro atoms. The summed E-state index contributed by atoms with van der Waals surface area (Å²) in [7, 11) is 0. The fraction of sp³-hybridized carbons (Fsp3) is 0.867. The number of hydrogen-bond acceptors (Lipinski definition) is 14. The molecule has 2 N–H and O–H groups in total. The Bertz CT molecular complexity index is 688. The van der Waals surface area contributed by atoms with E-state index in [1.807, 2.05) is 0 Å². The van der Waals surface area contributed by atoms with Gasteiger partial charge in [-0.2, -0.15) is 0 Å². The molecule has 48 heavy (non-hydrogen) atoms. The Morgan fingerprint density at radius 1 is 0.312 bits per heavy atom. The Balaban J connectivity index is -0.0000101. The van der Waals surface area contributed by atoms with Gasteiger partial charge >= 0.3 is 11.9 Å².